The van der Waals surface area contributed by atoms with Crippen LogP contribution in [0.25, 0.3) is 0 Å². The Morgan fingerprint density at radius 1 is 0.929 bits per heavy atom. The maximum Gasteiger partial charge on any atom is 0.329 e. The highest BCUT2D eigenvalue weighted by Crippen LogP contribution is 2.41. The molecule has 0 radical (unpaired) electrons. The summed E-state index contributed by atoms with van der Waals surface area (Å²) in [6.07, 6.45) is 7.98. The summed E-state index contributed by atoms with van der Waals surface area (Å²) < 4.78 is 11.0. The Labute approximate surface area is 258 Å². The van der Waals surface area contributed by atoms with E-state index in [0.29, 0.717) is 25.3 Å². The molecule has 0 bridgehead atoms. The minimum Gasteiger partial charge on any atom is -0.463 e. The quantitative estimate of drug-likeness (QED) is 0.272. The number of hydrogen-bond donors (Lipinski definition) is 2. The lowest BCUT2D eigenvalue weighted by Gasteiger charge is -2.30. The Morgan fingerprint density at radius 2 is 1.60 bits per heavy atom. The van der Waals surface area contributed by atoms with Gasteiger partial charge < -0.3 is 20.1 Å². The van der Waals surface area contributed by atoms with Gasteiger partial charge in [-0.25, -0.2) is 4.79 Å². The first-order valence-corrected chi connectivity index (χ1v) is 15.6. The van der Waals surface area contributed by atoms with Gasteiger partial charge in [-0.1, -0.05) is 60.7 Å². The van der Waals surface area contributed by atoms with Gasteiger partial charge in [0.15, 0.2) is 0 Å². The van der Waals surface area contributed by atoms with Crippen molar-refractivity contribution in [3.63, 3.8) is 0 Å². The molecule has 1 saturated carbocycles. The number of hydrogen-bond acceptors (Lipinski definition) is 6. The van der Waals surface area contributed by atoms with Gasteiger partial charge in [-0.05, 0) is 75.0 Å². The molecule has 2 fully saturated rings. The average Bonchev–Trinajstić information content (AvgIpc) is 3.47. The molecule has 4 rings (SSSR count). The predicted molar refractivity (Wildman–Crippen MR) is 165 cm³/mol. The molecular formula is C32H41Cl2N3O5. The summed E-state index contributed by atoms with van der Waals surface area (Å²) in [5.74, 6) is -0.972. The van der Waals surface area contributed by atoms with Crippen LogP contribution in [0.1, 0.15) is 67.3 Å². The normalized spacial score (nSPS) is 17.4. The van der Waals surface area contributed by atoms with Crippen molar-refractivity contribution in [2.75, 3.05) is 45.3 Å². The molecule has 1 aliphatic carbocycles. The number of esters is 1. The molecule has 228 valence electrons. The van der Waals surface area contributed by atoms with Gasteiger partial charge in [-0.15, -0.1) is 0 Å². The number of methoxy groups -OCH3 is 1. The van der Waals surface area contributed by atoms with Gasteiger partial charge in [0.1, 0.15) is 12.6 Å². The van der Waals surface area contributed by atoms with Crippen molar-refractivity contribution >= 4 is 46.7 Å². The molecule has 1 atom stereocenters. The Morgan fingerprint density at radius 3 is 2.24 bits per heavy atom. The van der Waals surface area contributed by atoms with Gasteiger partial charge in [-0.3, -0.25) is 14.5 Å². The molecule has 1 unspecified atom stereocenters. The monoisotopic (exact) mass is 617 g/mol. The van der Waals surface area contributed by atoms with E-state index in [9.17, 15) is 14.4 Å². The van der Waals surface area contributed by atoms with Gasteiger partial charge in [0.2, 0.25) is 5.91 Å². The van der Waals surface area contributed by atoms with Gasteiger partial charge >= 0.3 is 5.97 Å². The highest BCUT2D eigenvalue weighted by atomic mass is 35.5. The van der Waals surface area contributed by atoms with E-state index in [-0.39, 0.29) is 34.5 Å². The maximum absolute atomic E-state index is 13.6. The largest absolute Gasteiger partial charge is 0.463 e. The number of carbonyl (C=O) groups excluding carboxylic acids is 3. The SMILES string of the molecule is COCCC1(C(=O)NC(Cc2ccc(NC(=O)c3c(Cl)cccc3Cl)cc2)C(=O)OCCN2CCCCC2)CCCC1. The van der Waals surface area contributed by atoms with Crippen molar-refractivity contribution in [1.29, 1.82) is 0 Å². The summed E-state index contributed by atoms with van der Waals surface area (Å²) in [7, 11) is 1.64. The van der Waals surface area contributed by atoms with Crippen LogP contribution in [0, 0.1) is 5.41 Å². The summed E-state index contributed by atoms with van der Waals surface area (Å²) >= 11 is 12.4. The van der Waals surface area contributed by atoms with Crippen LogP contribution < -0.4 is 10.6 Å². The van der Waals surface area contributed by atoms with Crippen molar-refractivity contribution in [1.82, 2.24) is 10.2 Å². The molecule has 8 nitrogen and oxygen atoms in total. The van der Waals surface area contributed by atoms with E-state index >= 15 is 0 Å². The topological polar surface area (TPSA) is 97.0 Å². The van der Waals surface area contributed by atoms with Crippen molar-refractivity contribution < 1.29 is 23.9 Å². The highest BCUT2D eigenvalue weighted by molar-refractivity contribution is 6.40. The molecular weight excluding hydrogens is 577 g/mol. The zero-order valence-corrected chi connectivity index (χ0v) is 25.8. The third kappa shape index (κ3) is 8.69. The second kappa shape index (κ2) is 15.7. The van der Waals surface area contributed by atoms with Crippen molar-refractivity contribution in [2.24, 2.45) is 5.41 Å². The number of piperidine rings is 1. The summed E-state index contributed by atoms with van der Waals surface area (Å²) in [5, 5.41) is 6.38. The number of likely N-dealkylation sites (tertiary alicyclic amines) is 1. The second-order valence-electron chi connectivity index (χ2n) is 11.3. The van der Waals surface area contributed by atoms with Crippen LogP contribution in [0.4, 0.5) is 5.69 Å². The van der Waals surface area contributed by atoms with Gasteiger partial charge in [0, 0.05) is 32.4 Å². The number of nitrogens with zero attached hydrogens (tertiary/aromatic N) is 1. The van der Waals surface area contributed by atoms with E-state index in [1.807, 2.05) is 12.1 Å². The average molecular weight is 619 g/mol. The second-order valence-corrected chi connectivity index (χ2v) is 12.1. The lowest BCUT2D eigenvalue weighted by Crippen LogP contribution is -2.50. The Hall–Kier alpha value is -2.65. The van der Waals surface area contributed by atoms with E-state index in [2.05, 4.69) is 15.5 Å². The minimum absolute atomic E-state index is 0.115. The zero-order chi connectivity index (χ0) is 30.0. The van der Waals surface area contributed by atoms with Crippen LogP contribution in [0.5, 0.6) is 0 Å². The van der Waals surface area contributed by atoms with E-state index in [4.69, 9.17) is 32.7 Å². The van der Waals surface area contributed by atoms with E-state index in [1.54, 1.807) is 37.4 Å². The van der Waals surface area contributed by atoms with Crippen LogP contribution in [-0.4, -0.2) is 68.7 Å². The van der Waals surface area contributed by atoms with Crippen LogP contribution in [-0.2, 0) is 25.5 Å². The van der Waals surface area contributed by atoms with Crippen LogP contribution in [0.3, 0.4) is 0 Å². The molecule has 1 saturated heterocycles. The van der Waals surface area contributed by atoms with Crippen molar-refractivity contribution in [3.8, 4) is 0 Å². The first kappa shape index (κ1) is 32.3. The summed E-state index contributed by atoms with van der Waals surface area (Å²) in [4.78, 5) is 42.0. The molecule has 2 aromatic carbocycles. The molecule has 2 aliphatic rings. The summed E-state index contributed by atoms with van der Waals surface area (Å²) in [6, 6.07) is 11.2. The van der Waals surface area contributed by atoms with Gasteiger partial charge in [-0.2, -0.15) is 0 Å². The number of carbonyl (C=O) groups is 3. The third-order valence-electron chi connectivity index (χ3n) is 8.36. The third-order valence-corrected chi connectivity index (χ3v) is 8.99. The lowest BCUT2D eigenvalue weighted by atomic mass is 9.81. The standard InChI is InChI=1S/C32H41Cl2N3O5/c1-41-20-16-32(14-3-4-15-32)31(40)36-27(30(39)42-21-19-37-17-5-2-6-18-37)22-23-10-12-24(13-11-23)35-29(38)28-25(33)8-7-9-26(28)34/h7-13,27H,2-6,14-22H2,1H3,(H,35,38)(H,36,40). The number of halogens is 2. The molecule has 1 heterocycles. The first-order valence-electron chi connectivity index (χ1n) is 14.8. The molecule has 10 heteroatoms. The molecule has 42 heavy (non-hydrogen) atoms. The van der Waals surface area contributed by atoms with E-state index < -0.39 is 23.3 Å². The smallest absolute Gasteiger partial charge is 0.329 e. The fraction of sp³-hybridized carbons (Fsp3) is 0.531. The van der Waals surface area contributed by atoms with Crippen LogP contribution in [0.2, 0.25) is 10.0 Å². The number of rotatable bonds is 13. The first-order chi connectivity index (χ1) is 20.3. The fourth-order valence-corrected chi connectivity index (χ4v) is 6.44. The molecule has 2 amide bonds. The Balaban J connectivity index is 1.43. The van der Waals surface area contributed by atoms with Crippen LogP contribution >= 0.6 is 23.2 Å². The van der Waals surface area contributed by atoms with Crippen molar-refractivity contribution in [2.45, 2.75) is 63.8 Å². The Kier molecular flexibility index (Phi) is 12.1. The molecule has 0 aromatic heterocycles. The molecule has 2 N–H and O–H groups in total. The predicted octanol–water partition coefficient (Wildman–Crippen LogP) is 5.90. The maximum atomic E-state index is 13.6. The molecule has 1 aliphatic heterocycles. The van der Waals surface area contributed by atoms with Crippen molar-refractivity contribution in [3.05, 3.63) is 63.6 Å². The fourth-order valence-electron chi connectivity index (χ4n) is 5.87. The summed E-state index contributed by atoms with van der Waals surface area (Å²) in [6.45, 7) is 3.51. The number of amides is 2. The number of anilines is 1. The molecule has 2 aromatic rings. The number of nitrogens with one attached hydrogen (secondary N) is 2. The zero-order valence-electron chi connectivity index (χ0n) is 24.3. The Bertz CT molecular complexity index is 1190. The highest BCUT2D eigenvalue weighted by Gasteiger charge is 2.42. The number of benzene rings is 2. The minimum atomic E-state index is -0.832. The summed E-state index contributed by atoms with van der Waals surface area (Å²) in [5.41, 5.74) is 1.04. The lowest BCUT2D eigenvalue weighted by molar-refractivity contribution is -0.149. The van der Waals surface area contributed by atoms with Gasteiger partial charge in [0.25, 0.3) is 5.91 Å². The van der Waals surface area contributed by atoms with Gasteiger partial charge in [0.05, 0.1) is 21.0 Å². The van der Waals surface area contributed by atoms with E-state index in [1.165, 1.54) is 6.42 Å². The van der Waals surface area contributed by atoms with E-state index in [0.717, 1.165) is 57.2 Å². The number of ether oxygens (including phenoxy) is 2. The van der Waals surface area contributed by atoms with Crippen LogP contribution in [0.15, 0.2) is 42.5 Å². The molecule has 0 spiro atoms.